The molecule has 0 spiro atoms. The Hall–Kier alpha value is -3.22. The molecular formula is C18H20N2O5. The van der Waals surface area contributed by atoms with E-state index in [4.69, 9.17) is 14.2 Å². The maximum Gasteiger partial charge on any atom is 0.276 e. The number of methoxy groups -OCH3 is 1. The fourth-order valence-corrected chi connectivity index (χ4v) is 1.89. The van der Waals surface area contributed by atoms with Gasteiger partial charge in [-0.05, 0) is 48.9 Å². The van der Waals surface area contributed by atoms with Gasteiger partial charge in [-0.1, -0.05) is 12.1 Å². The molecule has 2 rings (SSSR count). The first-order valence-electron chi connectivity index (χ1n) is 7.61. The van der Waals surface area contributed by atoms with Gasteiger partial charge < -0.3 is 14.2 Å². The fraction of sp³-hybridized carbons (Fsp3) is 0.222. The molecule has 132 valence electrons. The normalized spacial score (nSPS) is 9.84. The van der Waals surface area contributed by atoms with E-state index in [9.17, 15) is 9.59 Å². The van der Waals surface area contributed by atoms with E-state index in [0.29, 0.717) is 17.2 Å². The first-order chi connectivity index (χ1) is 12.1. The summed E-state index contributed by atoms with van der Waals surface area (Å²) in [6, 6.07) is 14.1. The van der Waals surface area contributed by atoms with Gasteiger partial charge in [0.15, 0.2) is 13.2 Å². The Morgan fingerprint density at radius 1 is 0.840 bits per heavy atom. The number of hydrogen-bond donors (Lipinski definition) is 2. The van der Waals surface area contributed by atoms with Crippen molar-refractivity contribution in [3.8, 4) is 17.2 Å². The lowest BCUT2D eigenvalue weighted by Crippen LogP contribution is -2.45. The summed E-state index contributed by atoms with van der Waals surface area (Å²) in [6.07, 6.45) is 0. The zero-order valence-electron chi connectivity index (χ0n) is 14.1. The molecule has 0 saturated heterocycles. The van der Waals surface area contributed by atoms with Crippen LogP contribution in [0.1, 0.15) is 5.56 Å². The Kier molecular flexibility index (Phi) is 6.65. The second-order valence-corrected chi connectivity index (χ2v) is 5.17. The van der Waals surface area contributed by atoms with E-state index in [-0.39, 0.29) is 13.2 Å². The number of amides is 2. The molecule has 2 amide bonds. The summed E-state index contributed by atoms with van der Waals surface area (Å²) in [5, 5.41) is 0. The Balaban J connectivity index is 1.65. The lowest BCUT2D eigenvalue weighted by Gasteiger charge is -2.10. The topological polar surface area (TPSA) is 85.9 Å². The van der Waals surface area contributed by atoms with Gasteiger partial charge in [-0.2, -0.15) is 0 Å². The number of benzene rings is 2. The van der Waals surface area contributed by atoms with E-state index in [1.807, 2.05) is 25.1 Å². The summed E-state index contributed by atoms with van der Waals surface area (Å²) in [5.74, 6) is 0.839. The average molecular weight is 344 g/mol. The van der Waals surface area contributed by atoms with Crippen molar-refractivity contribution < 1.29 is 23.8 Å². The zero-order chi connectivity index (χ0) is 18.1. The van der Waals surface area contributed by atoms with E-state index in [1.165, 1.54) is 0 Å². The third-order valence-corrected chi connectivity index (χ3v) is 3.13. The summed E-state index contributed by atoms with van der Waals surface area (Å²) >= 11 is 0. The Labute approximate surface area is 145 Å². The third-order valence-electron chi connectivity index (χ3n) is 3.13. The summed E-state index contributed by atoms with van der Waals surface area (Å²) in [6.45, 7) is 1.49. The van der Waals surface area contributed by atoms with Crippen molar-refractivity contribution in [2.75, 3.05) is 20.3 Å². The van der Waals surface area contributed by atoms with Crippen LogP contribution in [0.15, 0.2) is 48.5 Å². The Bertz CT molecular complexity index is 716. The third kappa shape index (κ3) is 6.42. The van der Waals surface area contributed by atoms with Crippen LogP contribution in [-0.4, -0.2) is 32.1 Å². The van der Waals surface area contributed by atoms with Crippen molar-refractivity contribution in [1.82, 2.24) is 10.9 Å². The molecule has 2 aromatic carbocycles. The molecule has 0 atom stereocenters. The second-order valence-electron chi connectivity index (χ2n) is 5.17. The van der Waals surface area contributed by atoms with E-state index in [2.05, 4.69) is 10.9 Å². The summed E-state index contributed by atoms with van der Waals surface area (Å²) in [7, 11) is 1.56. The number of rotatable bonds is 7. The minimum Gasteiger partial charge on any atom is -0.497 e. The molecule has 0 aromatic heterocycles. The molecule has 2 N–H and O–H groups in total. The molecule has 0 unspecified atom stereocenters. The van der Waals surface area contributed by atoms with Crippen molar-refractivity contribution in [2.24, 2.45) is 0 Å². The smallest absolute Gasteiger partial charge is 0.276 e. The van der Waals surface area contributed by atoms with Crippen LogP contribution >= 0.6 is 0 Å². The van der Waals surface area contributed by atoms with Crippen LogP contribution in [0.5, 0.6) is 17.2 Å². The van der Waals surface area contributed by atoms with Crippen LogP contribution in [0.2, 0.25) is 0 Å². The highest BCUT2D eigenvalue weighted by Gasteiger charge is 2.07. The van der Waals surface area contributed by atoms with Crippen LogP contribution < -0.4 is 25.1 Å². The van der Waals surface area contributed by atoms with Gasteiger partial charge in [0.1, 0.15) is 17.2 Å². The fourth-order valence-electron chi connectivity index (χ4n) is 1.89. The molecule has 0 aliphatic rings. The van der Waals surface area contributed by atoms with Crippen LogP contribution in [0.4, 0.5) is 0 Å². The van der Waals surface area contributed by atoms with Gasteiger partial charge in [-0.3, -0.25) is 20.4 Å². The zero-order valence-corrected chi connectivity index (χ0v) is 14.1. The largest absolute Gasteiger partial charge is 0.497 e. The van der Waals surface area contributed by atoms with Gasteiger partial charge in [-0.25, -0.2) is 0 Å². The molecule has 0 saturated carbocycles. The highest BCUT2D eigenvalue weighted by atomic mass is 16.5. The van der Waals surface area contributed by atoms with E-state index >= 15 is 0 Å². The van der Waals surface area contributed by atoms with Gasteiger partial charge in [0, 0.05) is 0 Å². The molecule has 25 heavy (non-hydrogen) atoms. The van der Waals surface area contributed by atoms with Crippen molar-refractivity contribution in [3.05, 3.63) is 54.1 Å². The predicted molar refractivity (Wildman–Crippen MR) is 91.4 cm³/mol. The molecule has 0 fully saturated rings. The lowest BCUT2D eigenvalue weighted by atomic mass is 10.2. The molecular weight excluding hydrogens is 324 g/mol. The SMILES string of the molecule is COc1ccc(OCC(=O)NNC(=O)COc2cccc(C)c2)cc1. The number of hydrogen-bond acceptors (Lipinski definition) is 5. The van der Waals surface area contributed by atoms with Crippen molar-refractivity contribution in [1.29, 1.82) is 0 Å². The average Bonchev–Trinajstić information content (AvgIpc) is 2.63. The standard InChI is InChI=1S/C18H20N2O5/c1-13-4-3-5-16(10-13)25-12-18(22)20-19-17(21)11-24-15-8-6-14(23-2)7-9-15/h3-10H,11-12H2,1-2H3,(H,19,21)(H,20,22). The first kappa shape index (κ1) is 18.1. The molecule has 0 aliphatic heterocycles. The van der Waals surface area contributed by atoms with Crippen LogP contribution in [0.25, 0.3) is 0 Å². The molecule has 0 aliphatic carbocycles. The first-order valence-corrected chi connectivity index (χ1v) is 7.61. The molecule has 0 heterocycles. The molecule has 0 radical (unpaired) electrons. The number of ether oxygens (including phenoxy) is 3. The molecule has 0 bridgehead atoms. The summed E-state index contributed by atoms with van der Waals surface area (Å²) in [4.78, 5) is 23.3. The number of hydrazine groups is 1. The van der Waals surface area contributed by atoms with Crippen LogP contribution in [-0.2, 0) is 9.59 Å². The maximum absolute atomic E-state index is 11.6. The maximum atomic E-state index is 11.6. The Morgan fingerprint density at radius 2 is 1.40 bits per heavy atom. The van der Waals surface area contributed by atoms with E-state index in [0.717, 1.165) is 5.56 Å². The molecule has 7 nitrogen and oxygen atoms in total. The number of carbonyl (C=O) groups is 2. The Morgan fingerprint density at radius 3 is 1.96 bits per heavy atom. The lowest BCUT2D eigenvalue weighted by molar-refractivity contribution is -0.131. The van der Waals surface area contributed by atoms with Gasteiger partial charge in [0.25, 0.3) is 11.8 Å². The minimum atomic E-state index is -0.486. The predicted octanol–water partition coefficient (Wildman–Crippen LogP) is 1.61. The minimum absolute atomic E-state index is 0.205. The summed E-state index contributed by atoms with van der Waals surface area (Å²) < 4.78 is 15.6. The quantitative estimate of drug-likeness (QED) is 0.745. The van der Waals surface area contributed by atoms with E-state index < -0.39 is 11.8 Å². The summed E-state index contributed by atoms with van der Waals surface area (Å²) in [5.41, 5.74) is 5.54. The highest BCUT2D eigenvalue weighted by Crippen LogP contribution is 2.16. The number of carbonyl (C=O) groups excluding carboxylic acids is 2. The molecule has 7 heteroatoms. The number of aryl methyl sites for hydroxylation is 1. The van der Waals surface area contributed by atoms with Gasteiger partial charge >= 0.3 is 0 Å². The van der Waals surface area contributed by atoms with Crippen LogP contribution in [0.3, 0.4) is 0 Å². The van der Waals surface area contributed by atoms with E-state index in [1.54, 1.807) is 37.4 Å². The van der Waals surface area contributed by atoms with Gasteiger partial charge in [0.05, 0.1) is 7.11 Å². The van der Waals surface area contributed by atoms with Crippen molar-refractivity contribution >= 4 is 11.8 Å². The van der Waals surface area contributed by atoms with Crippen LogP contribution in [0, 0.1) is 6.92 Å². The monoisotopic (exact) mass is 344 g/mol. The second kappa shape index (κ2) is 9.17. The molecule has 2 aromatic rings. The number of nitrogens with one attached hydrogen (secondary N) is 2. The van der Waals surface area contributed by atoms with Gasteiger partial charge in [-0.15, -0.1) is 0 Å². The highest BCUT2D eigenvalue weighted by molar-refractivity contribution is 5.83. The van der Waals surface area contributed by atoms with Crippen molar-refractivity contribution in [2.45, 2.75) is 6.92 Å². The van der Waals surface area contributed by atoms with Gasteiger partial charge in [0.2, 0.25) is 0 Å². The van der Waals surface area contributed by atoms with Crippen molar-refractivity contribution in [3.63, 3.8) is 0 Å².